The Bertz CT molecular complexity index is 780. The predicted octanol–water partition coefficient (Wildman–Crippen LogP) is 1.00. The molecule has 0 amide bonds. The zero-order valence-corrected chi connectivity index (χ0v) is 12.2. The molecular formula is C14H17N7O. The number of anilines is 1. The second-order valence-electron chi connectivity index (χ2n) is 5.35. The lowest BCUT2D eigenvalue weighted by molar-refractivity contribution is 0.191. The zero-order chi connectivity index (χ0) is 14.9. The van der Waals surface area contributed by atoms with Crippen molar-refractivity contribution in [1.82, 2.24) is 29.5 Å². The molecule has 22 heavy (non-hydrogen) atoms. The number of aryl methyl sites for hydroxylation is 1. The van der Waals surface area contributed by atoms with Gasteiger partial charge >= 0.3 is 0 Å². The molecule has 1 aliphatic rings. The van der Waals surface area contributed by atoms with Gasteiger partial charge < -0.3 is 14.5 Å². The first kappa shape index (κ1) is 13.2. The molecular weight excluding hydrogens is 282 g/mol. The van der Waals surface area contributed by atoms with Crippen LogP contribution in [0.3, 0.4) is 0 Å². The Kier molecular flexibility index (Phi) is 3.23. The minimum Gasteiger partial charge on any atom is -0.378 e. The van der Waals surface area contributed by atoms with Gasteiger partial charge in [-0.15, -0.1) is 0 Å². The van der Waals surface area contributed by atoms with Crippen molar-refractivity contribution in [3.8, 4) is 0 Å². The predicted molar refractivity (Wildman–Crippen MR) is 79.7 cm³/mol. The smallest absolute Gasteiger partial charge is 0.158 e. The van der Waals surface area contributed by atoms with Crippen LogP contribution in [0.2, 0.25) is 0 Å². The van der Waals surface area contributed by atoms with E-state index in [9.17, 15) is 0 Å². The monoisotopic (exact) mass is 299 g/mol. The molecule has 0 aliphatic carbocycles. The van der Waals surface area contributed by atoms with Gasteiger partial charge in [0.2, 0.25) is 0 Å². The van der Waals surface area contributed by atoms with E-state index in [1.807, 2.05) is 10.6 Å². The van der Waals surface area contributed by atoms with Gasteiger partial charge in [-0.3, -0.25) is 5.10 Å². The first-order chi connectivity index (χ1) is 10.8. The van der Waals surface area contributed by atoms with Crippen molar-refractivity contribution in [2.45, 2.75) is 25.3 Å². The van der Waals surface area contributed by atoms with Crippen molar-refractivity contribution in [2.24, 2.45) is 0 Å². The first-order valence-corrected chi connectivity index (χ1v) is 7.37. The van der Waals surface area contributed by atoms with Gasteiger partial charge in [0.25, 0.3) is 0 Å². The molecule has 0 radical (unpaired) electrons. The number of fused-ring (bicyclic) bond motifs is 1. The molecule has 8 nitrogen and oxygen atoms in total. The number of aromatic amines is 1. The minimum atomic E-state index is 0.0918. The number of aromatic nitrogens is 6. The van der Waals surface area contributed by atoms with Gasteiger partial charge in [-0.05, 0) is 0 Å². The summed E-state index contributed by atoms with van der Waals surface area (Å²) in [6.45, 7) is 3.27. The molecule has 0 aromatic carbocycles. The van der Waals surface area contributed by atoms with Gasteiger partial charge in [0, 0.05) is 18.8 Å². The fourth-order valence-corrected chi connectivity index (χ4v) is 2.72. The quantitative estimate of drug-likeness (QED) is 0.746. The Morgan fingerprint density at radius 2 is 2.41 bits per heavy atom. The largest absolute Gasteiger partial charge is 0.378 e. The summed E-state index contributed by atoms with van der Waals surface area (Å²) in [6, 6.07) is 0.0918. The molecule has 114 valence electrons. The molecule has 2 atom stereocenters. The normalized spacial score (nSPS) is 21.5. The Balaban J connectivity index is 1.60. The lowest BCUT2D eigenvalue weighted by Gasteiger charge is -2.17. The van der Waals surface area contributed by atoms with E-state index in [1.54, 1.807) is 18.7 Å². The van der Waals surface area contributed by atoms with Gasteiger partial charge in [-0.25, -0.2) is 15.0 Å². The highest BCUT2D eigenvalue weighted by molar-refractivity contribution is 5.66. The lowest BCUT2D eigenvalue weighted by atomic mass is 10.0. The molecule has 1 fully saturated rings. The highest BCUT2D eigenvalue weighted by atomic mass is 16.5. The van der Waals surface area contributed by atoms with E-state index in [0.717, 1.165) is 29.4 Å². The minimum absolute atomic E-state index is 0.0918. The highest BCUT2D eigenvalue weighted by Gasteiger charge is 2.33. The third-order valence-corrected chi connectivity index (χ3v) is 3.96. The topological polar surface area (TPSA) is 93.0 Å². The maximum Gasteiger partial charge on any atom is 0.158 e. The van der Waals surface area contributed by atoms with Crippen molar-refractivity contribution in [3.63, 3.8) is 0 Å². The second-order valence-corrected chi connectivity index (χ2v) is 5.35. The zero-order valence-electron chi connectivity index (χ0n) is 12.2. The van der Waals surface area contributed by atoms with Crippen molar-refractivity contribution >= 4 is 11.3 Å². The van der Waals surface area contributed by atoms with Crippen LogP contribution in [0.4, 0.5) is 5.82 Å². The van der Waals surface area contributed by atoms with Gasteiger partial charge in [-0.1, -0.05) is 6.92 Å². The van der Waals surface area contributed by atoms with E-state index >= 15 is 0 Å². The third-order valence-electron chi connectivity index (χ3n) is 3.96. The fourth-order valence-electron chi connectivity index (χ4n) is 2.72. The summed E-state index contributed by atoms with van der Waals surface area (Å²) in [4.78, 5) is 13.1. The van der Waals surface area contributed by atoms with Gasteiger partial charge in [-0.2, -0.15) is 5.10 Å². The molecule has 1 saturated heterocycles. The van der Waals surface area contributed by atoms with Crippen LogP contribution in [0.5, 0.6) is 0 Å². The van der Waals surface area contributed by atoms with Crippen molar-refractivity contribution in [1.29, 1.82) is 0 Å². The number of H-pyrrole nitrogens is 1. The summed E-state index contributed by atoms with van der Waals surface area (Å²) < 4.78 is 7.56. The SMILES string of the molecule is CCc1nc([C@@H]2COC[C@@H]2Nc2nccn3cncc23)n[nH]1. The summed E-state index contributed by atoms with van der Waals surface area (Å²) in [5.74, 6) is 2.61. The van der Waals surface area contributed by atoms with Crippen LogP contribution in [0.1, 0.15) is 24.5 Å². The number of nitrogens with zero attached hydrogens (tertiary/aromatic N) is 5. The van der Waals surface area contributed by atoms with E-state index in [-0.39, 0.29) is 12.0 Å². The summed E-state index contributed by atoms with van der Waals surface area (Å²) >= 11 is 0. The van der Waals surface area contributed by atoms with Crippen LogP contribution < -0.4 is 5.32 Å². The van der Waals surface area contributed by atoms with Crippen LogP contribution >= 0.6 is 0 Å². The Morgan fingerprint density at radius 1 is 1.45 bits per heavy atom. The number of rotatable bonds is 4. The number of ether oxygens (including phenoxy) is 1. The Morgan fingerprint density at radius 3 is 3.27 bits per heavy atom. The summed E-state index contributed by atoms with van der Waals surface area (Å²) in [7, 11) is 0. The number of nitrogens with one attached hydrogen (secondary N) is 2. The second kappa shape index (κ2) is 5.38. The molecule has 3 aromatic heterocycles. The molecule has 4 heterocycles. The van der Waals surface area contributed by atoms with Crippen molar-refractivity contribution in [3.05, 3.63) is 36.6 Å². The first-order valence-electron chi connectivity index (χ1n) is 7.37. The third kappa shape index (κ3) is 2.21. The molecule has 8 heteroatoms. The molecule has 0 spiro atoms. The number of imidazole rings is 1. The van der Waals surface area contributed by atoms with Crippen LogP contribution in [-0.2, 0) is 11.2 Å². The van der Waals surface area contributed by atoms with Crippen LogP contribution in [0.15, 0.2) is 24.9 Å². The van der Waals surface area contributed by atoms with E-state index < -0.39 is 0 Å². The summed E-state index contributed by atoms with van der Waals surface area (Å²) in [5, 5.41) is 10.7. The van der Waals surface area contributed by atoms with Gasteiger partial charge in [0.1, 0.15) is 11.3 Å². The van der Waals surface area contributed by atoms with Crippen LogP contribution in [0, 0.1) is 0 Å². The van der Waals surface area contributed by atoms with Crippen molar-refractivity contribution in [2.75, 3.05) is 18.5 Å². The molecule has 4 rings (SSSR count). The number of hydrogen-bond donors (Lipinski definition) is 2. The van der Waals surface area contributed by atoms with Gasteiger partial charge in [0.05, 0.1) is 37.7 Å². The number of hydrogen-bond acceptors (Lipinski definition) is 6. The van der Waals surface area contributed by atoms with E-state index in [1.165, 1.54) is 0 Å². The average molecular weight is 299 g/mol. The molecule has 0 saturated carbocycles. The Hall–Kier alpha value is -2.48. The van der Waals surface area contributed by atoms with E-state index in [2.05, 4.69) is 37.4 Å². The fraction of sp³-hybridized carbons (Fsp3) is 0.429. The highest BCUT2D eigenvalue weighted by Crippen LogP contribution is 2.26. The summed E-state index contributed by atoms with van der Waals surface area (Å²) in [6.07, 6.45) is 8.02. The van der Waals surface area contributed by atoms with Crippen LogP contribution in [-0.4, -0.2) is 48.8 Å². The van der Waals surface area contributed by atoms with E-state index in [4.69, 9.17) is 4.74 Å². The van der Waals surface area contributed by atoms with E-state index in [0.29, 0.717) is 13.2 Å². The standard InChI is InChI=1S/C14H17N7O/c1-2-12-18-13(20-19-12)9-6-22-7-10(9)17-14-11-5-15-8-21(11)4-3-16-14/h3-5,8-10H,2,6-7H2,1H3,(H,16,17)(H,18,19,20)/t9-,10+/m1/s1. The molecule has 0 unspecified atom stereocenters. The van der Waals surface area contributed by atoms with Crippen LogP contribution in [0.25, 0.3) is 5.52 Å². The molecule has 0 bridgehead atoms. The van der Waals surface area contributed by atoms with Crippen molar-refractivity contribution < 1.29 is 4.74 Å². The average Bonchev–Trinajstić information content (AvgIpc) is 3.27. The molecule has 3 aromatic rings. The molecule has 2 N–H and O–H groups in total. The summed E-state index contributed by atoms with van der Waals surface area (Å²) in [5.41, 5.74) is 0.942. The maximum atomic E-state index is 5.63. The maximum absolute atomic E-state index is 5.63. The molecule has 1 aliphatic heterocycles. The Labute approximate surface area is 127 Å². The van der Waals surface area contributed by atoms with Gasteiger partial charge in [0.15, 0.2) is 11.6 Å². The lowest BCUT2D eigenvalue weighted by Crippen LogP contribution is -2.27.